The van der Waals surface area contributed by atoms with Gasteiger partial charge in [-0.2, -0.15) is 0 Å². The highest BCUT2D eigenvalue weighted by Crippen LogP contribution is 2.33. The summed E-state index contributed by atoms with van der Waals surface area (Å²) in [6.45, 7) is 4.40. The zero-order valence-electron chi connectivity index (χ0n) is 19.1. The van der Waals surface area contributed by atoms with Crippen molar-refractivity contribution in [2.75, 3.05) is 31.5 Å². The Hall–Kier alpha value is -3.55. The molecular weight excluding hydrogens is 464 g/mol. The van der Waals surface area contributed by atoms with Gasteiger partial charge in [-0.25, -0.2) is 4.79 Å². The summed E-state index contributed by atoms with van der Waals surface area (Å²) in [6.07, 6.45) is 0. The van der Waals surface area contributed by atoms with Gasteiger partial charge < -0.3 is 14.2 Å². The monoisotopic (exact) mass is 488 g/mol. The van der Waals surface area contributed by atoms with Crippen LogP contribution in [0.2, 0.25) is 5.02 Å². The smallest absolute Gasteiger partial charge is 0.323 e. The van der Waals surface area contributed by atoms with Gasteiger partial charge in [-0.3, -0.25) is 10.2 Å². The largest absolute Gasteiger partial charge is 0.457 e. The molecule has 1 N–H and O–H groups in total. The summed E-state index contributed by atoms with van der Waals surface area (Å²) in [5.74, 6) is 3.02. The molecule has 0 aliphatic carbocycles. The van der Waals surface area contributed by atoms with Crippen molar-refractivity contribution in [3.05, 3.63) is 83.4 Å². The number of ether oxygens (including phenoxy) is 1. The Morgan fingerprint density at radius 2 is 1.60 bits per heavy atom. The molecule has 4 aromatic rings. The summed E-state index contributed by atoms with van der Waals surface area (Å²) in [7, 11) is 0. The first-order valence-electron chi connectivity index (χ1n) is 11.8. The molecule has 0 spiro atoms. The lowest BCUT2D eigenvalue weighted by atomic mass is 10.0. The number of rotatable bonds is 5. The van der Waals surface area contributed by atoms with Gasteiger partial charge in [0.2, 0.25) is 0 Å². The van der Waals surface area contributed by atoms with Crippen molar-refractivity contribution in [2.45, 2.75) is 6.54 Å². The van der Waals surface area contributed by atoms with Gasteiger partial charge in [0.25, 0.3) is 0 Å². The van der Waals surface area contributed by atoms with Gasteiger partial charge in [0.05, 0.1) is 5.39 Å². The van der Waals surface area contributed by atoms with Crippen molar-refractivity contribution < 1.29 is 14.1 Å². The first-order valence-corrected chi connectivity index (χ1v) is 12.1. The number of urea groups is 1. The van der Waals surface area contributed by atoms with Crippen LogP contribution in [-0.4, -0.2) is 47.2 Å². The fourth-order valence-corrected chi connectivity index (χ4v) is 5.23. The van der Waals surface area contributed by atoms with Crippen molar-refractivity contribution in [2.24, 2.45) is 11.8 Å². The van der Waals surface area contributed by atoms with Gasteiger partial charge in [-0.05, 0) is 65.9 Å². The van der Waals surface area contributed by atoms with Crippen molar-refractivity contribution in [1.29, 1.82) is 0 Å². The Kier molecular flexibility index (Phi) is 5.80. The standard InChI is InChI=1S/C27H25ClN4O3/c28-21-7-11-23(12-8-21)34-22-9-5-18(6-10-22)13-31-14-19-16-32(17-20(19)15-31)27(33)29-26-24-3-1-2-4-25(24)35-30-26/h1-12,19-20H,13-17H2,(H,29,30,33). The number of carbonyl (C=O) groups is 1. The molecule has 2 amide bonds. The third kappa shape index (κ3) is 4.70. The third-order valence-electron chi connectivity index (χ3n) is 6.83. The second kappa shape index (κ2) is 9.24. The second-order valence-electron chi connectivity index (χ2n) is 9.28. The summed E-state index contributed by atoms with van der Waals surface area (Å²) >= 11 is 5.93. The molecule has 8 heteroatoms. The number of nitrogens with one attached hydrogen (secondary N) is 1. The number of fused-ring (bicyclic) bond motifs is 2. The van der Waals surface area contributed by atoms with Crippen LogP contribution in [-0.2, 0) is 6.54 Å². The van der Waals surface area contributed by atoms with Crippen LogP contribution in [0.4, 0.5) is 10.6 Å². The average molecular weight is 489 g/mol. The number of hydrogen-bond donors (Lipinski definition) is 1. The zero-order valence-corrected chi connectivity index (χ0v) is 19.8. The normalized spacial score (nSPS) is 19.7. The highest BCUT2D eigenvalue weighted by Gasteiger charge is 2.41. The highest BCUT2D eigenvalue weighted by molar-refractivity contribution is 6.30. The van der Waals surface area contributed by atoms with E-state index in [4.69, 9.17) is 20.9 Å². The van der Waals surface area contributed by atoms with Crippen LogP contribution in [0.5, 0.6) is 11.5 Å². The van der Waals surface area contributed by atoms with Crippen LogP contribution < -0.4 is 10.1 Å². The van der Waals surface area contributed by atoms with Crippen LogP contribution in [0, 0.1) is 11.8 Å². The van der Waals surface area contributed by atoms with E-state index in [1.165, 1.54) is 5.56 Å². The van der Waals surface area contributed by atoms with E-state index in [1.807, 2.05) is 65.6 Å². The predicted molar refractivity (Wildman–Crippen MR) is 135 cm³/mol. The van der Waals surface area contributed by atoms with E-state index < -0.39 is 0 Å². The number of nitrogens with zero attached hydrogens (tertiary/aromatic N) is 3. The number of carbonyl (C=O) groups excluding carboxylic acids is 1. The number of aromatic nitrogens is 1. The number of para-hydroxylation sites is 1. The summed E-state index contributed by atoms with van der Waals surface area (Å²) in [6, 6.07) is 23.0. The maximum atomic E-state index is 12.8. The number of benzene rings is 3. The Labute approximate surface area is 208 Å². The molecule has 7 nitrogen and oxygen atoms in total. The summed E-state index contributed by atoms with van der Waals surface area (Å²) < 4.78 is 11.2. The van der Waals surface area contributed by atoms with Gasteiger partial charge in [0.1, 0.15) is 11.5 Å². The van der Waals surface area contributed by atoms with Crippen LogP contribution in [0.15, 0.2) is 77.3 Å². The molecule has 2 aliphatic rings. The molecule has 0 radical (unpaired) electrons. The summed E-state index contributed by atoms with van der Waals surface area (Å²) in [5, 5.41) is 8.44. The minimum absolute atomic E-state index is 0.110. The molecule has 1 aromatic heterocycles. The maximum absolute atomic E-state index is 12.8. The van der Waals surface area contributed by atoms with Gasteiger partial charge in [0, 0.05) is 37.7 Å². The second-order valence-corrected chi connectivity index (χ2v) is 9.71. The van der Waals surface area contributed by atoms with Crippen LogP contribution >= 0.6 is 11.6 Å². The topological polar surface area (TPSA) is 70.8 Å². The van der Waals surface area contributed by atoms with Crippen LogP contribution in [0.3, 0.4) is 0 Å². The molecule has 35 heavy (non-hydrogen) atoms. The lowest BCUT2D eigenvalue weighted by molar-refractivity contribution is 0.211. The maximum Gasteiger partial charge on any atom is 0.323 e. The van der Waals surface area contributed by atoms with E-state index in [0.717, 1.165) is 49.6 Å². The molecule has 178 valence electrons. The molecule has 0 saturated carbocycles. The first kappa shape index (κ1) is 21.9. The number of amides is 2. The lowest BCUT2D eigenvalue weighted by Crippen LogP contribution is -2.36. The summed E-state index contributed by atoms with van der Waals surface area (Å²) in [5.41, 5.74) is 1.92. The fraction of sp³-hybridized carbons (Fsp3) is 0.259. The quantitative estimate of drug-likeness (QED) is 0.380. The predicted octanol–water partition coefficient (Wildman–Crippen LogP) is 5.87. The fourth-order valence-electron chi connectivity index (χ4n) is 5.10. The van der Waals surface area contributed by atoms with Crippen molar-refractivity contribution in [3.63, 3.8) is 0 Å². The third-order valence-corrected chi connectivity index (χ3v) is 7.08. The van der Waals surface area contributed by atoms with Gasteiger partial charge in [-0.1, -0.05) is 41.0 Å². The molecule has 2 aliphatic heterocycles. The van der Waals surface area contributed by atoms with Crippen molar-refractivity contribution >= 4 is 34.4 Å². The SMILES string of the molecule is O=C(Nc1noc2ccccc12)N1CC2CN(Cc3ccc(Oc4ccc(Cl)cc4)cc3)CC2C1. The number of hydrogen-bond acceptors (Lipinski definition) is 5. The lowest BCUT2D eigenvalue weighted by Gasteiger charge is -2.21. The van der Waals surface area contributed by atoms with E-state index >= 15 is 0 Å². The van der Waals surface area contributed by atoms with Crippen LogP contribution in [0.1, 0.15) is 5.56 Å². The number of halogens is 1. The average Bonchev–Trinajstić information content (AvgIpc) is 3.56. The number of anilines is 1. The minimum atomic E-state index is -0.110. The minimum Gasteiger partial charge on any atom is -0.457 e. The van der Waals surface area contributed by atoms with Gasteiger partial charge in [0.15, 0.2) is 11.4 Å². The molecule has 0 bridgehead atoms. The Morgan fingerprint density at radius 3 is 2.31 bits per heavy atom. The van der Waals surface area contributed by atoms with E-state index in [9.17, 15) is 4.79 Å². The van der Waals surface area contributed by atoms with Gasteiger partial charge >= 0.3 is 6.03 Å². The molecule has 2 saturated heterocycles. The Bertz CT molecular complexity index is 1320. The Balaban J connectivity index is 1.01. The Morgan fingerprint density at radius 1 is 0.943 bits per heavy atom. The molecule has 2 atom stereocenters. The molecule has 3 aromatic carbocycles. The molecule has 2 fully saturated rings. The van der Waals surface area contributed by atoms with Crippen LogP contribution in [0.25, 0.3) is 11.0 Å². The molecule has 2 unspecified atom stereocenters. The van der Waals surface area contributed by atoms with Gasteiger partial charge in [-0.15, -0.1) is 0 Å². The summed E-state index contributed by atoms with van der Waals surface area (Å²) in [4.78, 5) is 17.2. The van der Waals surface area contributed by atoms with Crippen molar-refractivity contribution in [3.8, 4) is 11.5 Å². The zero-order chi connectivity index (χ0) is 23.8. The van der Waals surface area contributed by atoms with E-state index in [-0.39, 0.29) is 6.03 Å². The highest BCUT2D eigenvalue weighted by atomic mass is 35.5. The first-order chi connectivity index (χ1) is 17.1. The van der Waals surface area contributed by atoms with E-state index in [1.54, 1.807) is 0 Å². The molecule has 3 heterocycles. The van der Waals surface area contributed by atoms with Crippen molar-refractivity contribution in [1.82, 2.24) is 15.0 Å². The van der Waals surface area contributed by atoms with E-state index in [2.05, 4.69) is 27.5 Å². The number of likely N-dealkylation sites (tertiary alicyclic amines) is 2. The molecule has 6 rings (SSSR count). The van der Waals surface area contributed by atoms with E-state index in [0.29, 0.717) is 28.3 Å². The molecular formula is C27H25ClN4O3.